The van der Waals surface area contributed by atoms with Crippen LogP contribution in [0.3, 0.4) is 0 Å². The number of rotatable bonds is 4. The molecule has 0 spiro atoms. The highest BCUT2D eigenvalue weighted by molar-refractivity contribution is 5.94. The summed E-state index contributed by atoms with van der Waals surface area (Å²) in [6.07, 6.45) is 1.23. The minimum atomic E-state index is -0.521. The van der Waals surface area contributed by atoms with Gasteiger partial charge in [-0.15, -0.1) is 6.58 Å². The summed E-state index contributed by atoms with van der Waals surface area (Å²) in [5.41, 5.74) is 0. The topological polar surface area (TPSA) is 46.6 Å². The first-order valence-electron chi connectivity index (χ1n) is 5.59. The summed E-state index contributed by atoms with van der Waals surface area (Å²) < 4.78 is 4.77. The molecule has 1 heterocycles. The van der Waals surface area contributed by atoms with Crippen LogP contribution < -0.4 is 0 Å². The van der Waals surface area contributed by atoms with Gasteiger partial charge in [-0.3, -0.25) is 4.79 Å². The summed E-state index contributed by atoms with van der Waals surface area (Å²) >= 11 is 0. The average molecular weight is 225 g/mol. The van der Waals surface area contributed by atoms with E-state index >= 15 is 0 Å². The summed E-state index contributed by atoms with van der Waals surface area (Å²) in [6.45, 7) is 10.3. The van der Waals surface area contributed by atoms with Crippen LogP contribution >= 0.6 is 0 Å². The summed E-state index contributed by atoms with van der Waals surface area (Å²) in [6, 6.07) is 0. The number of hydrogen-bond acceptors (Lipinski definition) is 3. The summed E-state index contributed by atoms with van der Waals surface area (Å²) in [5.74, 6) is -0.122. The lowest BCUT2D eigenvalue weighted by atomic mass is 9.83. The van der Waals surface area contributed by atoms with E-state index in [4.69, 9.17) is 4.74 Å². The van der Waals surface area contributed by atoms with Crippen LogP contribution in [-0.2, 0) is 9.53 Å². The number of allylic oxidation sites excluding steroid dienone is 1. The first kappa shape index (κ1) is 12.7. The van der Waals surface area contributed by atoms with Crippen molar-refractivity contribution in [1.29, 1.82) is 0 Å². The molecule has 0 aliphatic carbocycles. The molecule has 2 unspecified atom stereocenters. The number of nitrogens with zero attached hydrogens (tertiary/aromatic N) is 1. The van der Waals surface area contributed by atoms with Gasteiger partial charge in [-0.2, -0.15) is 0 Å². The van der Waals surface area contributed by atoms with E-state index in [1.54, 1.807) is 6.08 Å². The Morgan fingerprint density at radius 3 is 2.50 bits per heavy atom. The fourth-order valence-corrected chi connectivity index (χ4v) is 2.04. The summed E-state index contributed by atoms with van der Waals surface area (Å²) in [4.78, 5) is 24.7. The van der Waals surface area contributed by atoms with Crippen molar-refractivity contribution in [2.75, 3.05) is 13.2 Å². The van der Waals surface area contributed by atoms with Gasteiger partial charge in [0.1, 0.15) is 6.61 Å². The fourth-order valence-electron chi connectivity index (χ4n) is 2.04. The molecule has 1 saturated heterocycles. The molecule has 0 N–H and O–H groups in total. The van der Waals surface area contributed by atoms with E-state index in [0.29, 0.717) is 13.2 Å². The van der Waals surface area contributed by atoms with Gasteiger partial charge in [0, 0.05) is 5.92 Å². The molecule has 4 nitrogen and oxygen atoms in total. The van der Waals surface area contributed by atoms with Crippen LogP contribution in [0.15, 0.2) is 12.7 Å². The Morgan fingerprint density at radius 1 is 1.50 bits per heavy atom. The molecule has 1 aliphatic rings. The molecule has 90 valence electrons. The van der Waals surface area contributed by atoms with Crippen molar-refractivity contribution in [3.63, 3.8) is 0 Å². The smallest absolute Gasteiger partial charge is 0.416 e. The lowest BCUT2D eigenvalue weighted by molar-refractivity contribution is -0.134. The molecule has 2 atom stereocenters. The minimum Gasteiger partial charge on any atom is -0.447 e. The summed E-state index contributed by atoms with van der Waals surface area (Å²) in [7, 11) is 0. The maximum atomic E-state index is 12.2. The average Bonchev–Trinajstić information content (AvgIpc) is 2.63. The largest absolute Gasteiger partial charge is 0.447 e. The second-order valence-electron chi connectivity index (χ2n) is 4.47. The molecule has 0 saturated carbocycles. The predicted octanol–water partition coefficient (Wildman–Crippen LogP) is 2.06. The number of imide groups is 1. The number of amides is 2. The van der Waals surface area contributed by atoms with Crippen molar-refractivity contribution < 1.29 is 14.3 Å². The van der Waals surface area contributed by atoms with Crippen molar-refractivity contribution >= 4 is 12.0 Å². The van der Waals surface area contributed by atoms with Gasteiger partial charge in [0.2, 0.25) is 5.91 Å². The van der Waals surface area contributed by atoms with E-state index in [0.717, 1.165) is 0 Å². The Kier molecular flexibility index (Phi) is 4.10. The predicted molar refractivity (Wildman–Crippen MR) is 60.8 cm³/mol. The zero-order valence-electron chi connectivity index (χ0n) is 10.1. The SMILES string of the molecule is C=CC(C)C(C(=O)N1CCOC1=O)C(C)C. The molecule has 0 aromatic rings. The van der Waals surface area contributed by atoms with E-state index < -0.39 is 6.09 Å². The lowest BCUT2D eigenvalue weighted by Crippen LogP contribution is -2.41. The van der Waals surface area contributed by atoms with Crippen molar-refractivity contribution in [2.45, 2.75) is 20.8 Å². The van der Waals surface area contributed by atoms with Crippen LogP contribution in [0.5, 0.6) is 0 Å². The third-order valence-corrected chi connectivity index (χ3v) is 2.97. The monoisotopic (exact) mass is 225 g/mol. The van der Waals surface area contributed by atoms with Crippen LogP contribution in [0.4, 0.5) is 4.79 Å². The molecule has 0 bridgehead atoms. The van der Waals surface area contributed by atoms with Gasteiger partial charge in [-0.1, -0.05) is 26.8 Å². The highest BCUT2D eigenvalue weighted by Gasteiger charge is 2.36. The molecule has 1 rings (SSSR count). The van der Waals surface area contributed by atoms with Crippen LogP contribution in [0.25, 0.3) is 0 Å². The number of carbonyl (C=O) groups excluding carboxylic acids is 2. The van der Waals surface area contributed by atoms with E-state index in [1.165, 1.54) is 4.90 Å². The second kappa shape index (κ2) is 5.14. The second-order valence-corrected chi connectivity index (χ2v) is 4.47. The van der Waals surface area contributed by atoms with Crippen molar-refractivity contribution in [2.24, 2.45) is 17.8 Å². The van der Waals surface area contributed by atoms with Gasteiger partial charge in [0.05, 0.1) is 6.54 Å². The first-order valence-corrected chi connectivity index (χ1v) is 5.59. The Balaban J connectivity index is 2.82. The molecule has 0 radical (unpaired) electrons. The molecular weight excluding hydrogens is 206 g/mol. The zero-order valence-corrected chi connectivity index (χ0v) is 10.1. The van der Waals surface area contributed by atoms with Crippen LogP contribution in [-0.4, -0.2) is 30.1 Å². The van der Waals surface area contributed by atoms with E-state index in [-0.39, 0.29) is 23.7 Å². The molecule has 4 heteroatoms. The van der Waals surface area contributed by atoms with Gasteiger partial charge >= 0.3 is 6.09 Å². The molecule has 1 fully saturated rings. The Hall–Kier alpha value is -1.32. The quantitative estimate of drug-likeness (QED) is 0.688. The third-order valence-electron chi connectivity index (χ3n) is 2.97. The van der Waals surface area contributed by atoms with Crippen LogP contribution in [0.1, 0.15) is 20.8 Å². The molecule has 1 aliphatic heterocycles. The fraction of sp³-hybridized carbons (Fsp3) is 0.667. The highest BCUT2D eigenvalue weighted by Crippen LogP contribution is 2.25. The van der Waals surface area contributed by atoms with Crippen molar-refractivity contribution in [3.05, 3.63) is 12.7 Å². The van der Waals surface area contributed by atoms with E-state index in [1.807, 2.05) is 20.8 Å². The van der Waals surface area contributed by atoms with Crippen LogP contribution in [0, 0.1) is 17.8 Å². The molecule has 2 amide bonds. The van der Waals surface area contributed by atoms with Crippen LogP contribution in [0.2, 0.25) is 0 Å². The Bertz CT molecular complexity index is 299. The molecule has 16 heavy (non-hydrogen) atoms. The highest BCUT2D eigenvalue weighted by atomic mass is 16.6. The third kappa shape index (κ3) is 2.43. The van der Waals surface area contributed by atoms with Crippen molar-refractivity contribution in [1.82, 2.24) is 4.90 Å². The van der Waals surface area contributed by atoms with Crippen molar-refractivity contribution in [3.8, 4) is 0 Å². The van der Waals surface area contributed by atoms with E-state index in [9.17, 15) is 9.59 Å². The first-order chi connectivity index (χ1) is 7.49. The zero-order chi connectivity index (χ0) is 12.3. The molecular formula is C12H19NO3. The molecule has 0 aromatic carbocycles. The van der Waals surface area contributed by atoms with Gasteiger partial charge in [-0.05, 0) is 11.8 Å². The number of hydrogen-bond donors (Lipinski definition) is 0. The standard InChI is InChI=1S/C12H19NO3/c1-5-9(4)10(8(2)3)11(14)13-6-7-16-12(13)15/h5,8-10H,1,6-7H2,2-4H3. The van der Waals surface area contributed by atoms with Gasteiger partial charge in [-0.25, -0.2) is 9.69 Å². The normalized spacial score (nSPS) is 19.5. The maximum absolute atomic E-state index is 12.2. The maximum Gasteiger partial charge on any atom is 0.416 e. The molecule has 0 aromatic heterocycles. The lowest BCUT2D eigenvalue weighted by Gasteiger charge is -2.26. The number of carbonyl (C=O) groups is 2. The summed E-state index contributed by atoms with van der Waals surface area (Å²) in [5, 5.41) is 0. The van der Waals surface area contributed by atoms with Gasteiger partial charge in [0.25, 0.3) is 0 Å². The number of ether oxygens (including phenoxy) is 1. The van der Waals surface area contributed by atoms with Gasteiger partial charge in [0.15, 0.2) is 0 Å². The minimum absolute atomic E-state index is 0.0564. The number of cyclic esters (lactones) is 1. The van der Waals surface area contributed by atoms with Gasteiger partial charge < -0.3 is 4.74 Å². The Morgan fingerprint density at radius 2 is 2.12 bits per heavy atom. The van der Waals surface area contributed by atoms with E-state index in [2.05, 4.69) is 6.58 Å². The Labute approximate surface area is 96.3 Å².